The number of allylic oxidation sites excluding steroid dienone is 2. The van der Waals surface area contributed by atoms with Gasteiger partial charge in [0.05, 0.1) is 0 Å². The Hall–Kier alpha value is -1.70. The first-order valence-corrected chi connectivity index (χ1v) is 8.99. The molecule has 3 aliphatic rings. The Morgan fingerprint density at radius 3 is 2.70 bits per heavy atom. The lowest BCUT2D eigenvalue weighted by atomic mass is 9.84. The Morgan fingerprint density at radius 1 is 1.26 bits per heavy atom. The van der Waals surface area contributed by atoms with Crippen LogP contribution >= 0.6 is 0 Å². The zero-order valence-corrected chi connectivity index (χ0v) is 14.4. The number of hydrogen-bond donors (Lipinski definition) is 1. The highest BCUT2D eigenvalue weighted by Gasteiger charge is 2.43. The van der Waals surface area contributed by atoms with Gasteiger partial charge in [-0.25, -0.2) is 0 Å². The molecule has 2 nitrogen and oxygen atoms in total. The molecule has 4 rings (SSSR count). The minimum atomic E-state index is 0.173. The Morgan fingerprint density at radius 2 is 2.00 bits per heavy atom. The molecule has 1 aromatic carbocycles. The van der Waals surface area contributed by atoms with Crippen LogP contribution in [-0.4, -0.2) is 11.2 Å². The molecule has 1 aromatic rings. The molecule has 2 aliphatic carbocycles. The molecule has 0 radical (unpaired) electrons. The summed E-state index contributed by atoms with van der Waals surface area (Å²) in [6.45, 7) is 6.38. The molecular weight excluding hydrogens is 284 g/mol. The predicted octanol–water partition coefficient (Wildman–Crippen LogP) is 5.45. The van der Waals surface area contributed by atoms with Crippen molar-refractivity contribution in [1.82, 2.24) is 0 Å². The van der Waals surface area contributed by atoms with E-state index in [0.29, 0.717) is 17.6 Å². The van der Waals surface area contributed by atoms with Crippen molar-refractivity contribution >= 4 is 6.08 Å². The number of hydrogen-bond acceptors (Lipinski definition) is 2. The van der Waals surface area contributed by atoms with Gasteiger partial charge in [0, 0.05) is 22.3 Å². The largest absolute Gasteiger partial charge is 0.507 e. The van der Waals surface area contributed by atoms with Crippen LogP contribution < -0.4 is 4.74 Å². The first-order chi connectivity index (χ1) is 11.1. The predicted molar refractivity (Wildman–Crippen MR) is 94.3 cm³/mol. The number of fused-ring (bicyclic) bond motifs is 7. The normalized spacial score (nSPS) is 26.7. The molecule has 0 amide bonds. The van der Waals surface area contributed by atoms with Crippen LogP contribution in [0.4, 0.5) is 0 Å². The van der Waals surface area contributed by atoms with Crippen molar-refractivity contribution in [2.75, 3.05) is 0 Å². The number of aromatic hydroxyl groups is 1. The summed E-state index contributed by atoms with van der Waals surface area (Å²) in [4.78, 5) is 0. The van der Waals surface area contributed by atoms with E-state index in [4.69, 9.17) is 4.74 Å². The van der Waals surface area contributed by atoms with Crippen molar-refractivity contribution in [1.29, 1.82) is 0 Å². The lowest BCUT2D eigenvalue weighted by Gasteiger charge is -2.29. The third kappa shape index (κ3) is 2.22. The van der Waals surface area contributed by atoms with E-state index in [9.17, 15) is 5.11 Å². The summed E-state index contributed by atoms with van der Waals surface area (Å²) in [5, 5.41) is 11.0. The highest BCUT2D eigenvalue weighted by molar-refractivity contribution is 5.74. The third-order valence-corrected chi connectivity index (χ3v) is 5.76. The molecule has 1 aliphatic heterocycles. The monoisotopic (exact) mass is 310 g/mol. The van der Waals surface area contributed by atoms with Gasteiger partial charge in [0.1, 0.15) is 17.6 Å². The van der Waals surface area contributed by atoms with Gasteiger partial charge in [-0.05, 0) is 63.9 Å². The molecule has 0 saturated heterocycles. The molecule has 1 N–H and O–H groups in total. The maximum absolute atomic E-state index is 11.0. The zero-order chi connectivity index (χ0) is 16.1. The van der Waals surface area contributed by atoms with Gasteiger partial charge >= 0.3 is 0 Å². The topological polar surface area (TPSA) is 29.5 Å². The first-order valence-electron chi connectivity index (χ1n) is 8.99. The zero-order valence-electron chi connectivity index (χ0n) is 14.4. The van der Waals surface area contributed by atoms with Gasteiger partial charge in [0.25, 0.3) is 0 Å². The quantitative estimate of drug-likeness (QED) is 0.752. The third-order valence-electron chi connectivity index (χ3n) is 5.76. The van der Waals surface area contributed by atoms with Gasteiger partial charge in [-0.15, -0.1) is 0 Å². The number of phenolic OH excluding ortho intramolecular Hbond substituents is 1. The Bertz CT molecular complexity index is 707. The Kier molecular flexibility index (Phi) is 3.51. The minimum absolute atomic E-state index is 0.173. The van der Waals surface area contributed by atoms with Gasteiger partial charge in [0.2, 0.25) is 0 Å². The SMILES string of the molecule is CCC1C=Cc2c(CC=C(C)C)c(O)c3c(c2O1)C1CCC3C1. The first kappa shape index (κ1) is 14.9. The summed E-state index contributed by atoms with van der Waals surface area (Å²) in [6, 6.07) is 0. The number of rotatable bonds is 3. The average Bonchev–Trinajstić information content (AvgIpc) is 3.15. The average molecular weight is 310 g/mol. The molecule has 1 heterocycles. The fourth-order valence-electron chi connectivity index (χ4n) is 4.58. The van der Waals surface area contributed by atoms with Crippen LogP contribution in [0.3, 0.4) is 0 Å². The fourth-order valence-corrected chi connectivity index (χ4v) is 4.58. The van der Waals surface area contributed by atoms with Crippen LogP contribution in [0.15, 0.2) is 17.7 Å². The van der Waals surface area contributed by atoms with E-state index in [1.54, 1.807) is 0 Å². The summed E-state index contributed by atoms with van der Waals surface area (Å²) < 4.78 is 6.36. The highest BCUT2D eigenvalue weighted by Crippen LogP contribution is 2.61. The maximum atomic E-state index is 11.0. The van der Waals surface area contributed by atoms with Crippen LogP contribution in [0, 0.1) is 0 Å². The van der Waals surface area contributed by atoms with Gasteiger partial charge < -0.3 is 9.84 Å². The minimum Gasteiger partial charge on any atom is -0.507 e. The van der Waals surface area contributed by atoms with Crippen molar-refractivity contribution in [3.05, 3.63) is 40.0 Å². The number of phenols is 1. The second-order valence-electron chi connectivity index (χ2n) is 7.51. The van der Waals surface area contributed by atoms with Crippen LogP contribution in [0.2, 0.25) is 0 Å². The fraction of sp³-hybridized carbons (Fsp3) is 0.524. The summed E-state index contributed by atoms with van der Waals surface area (Å²) in [6.07, 6.45) is 12.2. The van der Waals surface area contributed by atoms with Gasteiger partial charge in [-0.2, -0.15) is 0 Å². The van der Waals surface area contributed by atoms with Crippen molar-refractivity contribution in [3.8, 4) is 11.5 Å². The van der Waals surface area contributed by atoms with Crippen LogP contribution in [0.5, 0.6) is 11.5 Å². The molecule has 122 valence electrons. The van der Waals surface area contributed by atoms with E-state index in [2.05, 4.69) is 39.0 Å². The van der Waals surface area contributed by atoms with Gasteiger partial charge in [-0.3, -0.25) is 0 Å². The summed E-state index contributed by atoms with van der Waals surface area (Å²) in [5.74, 6) is 2.76. The number of benzene rings is 1. The van der Waals surface area contributed by atoms with E-state index >= 15 is 0 Å². The number of ether oxygens (including phenoxy) is 1. The molecule has 0 spiro atoms. The standard InChI is InChI=1S/C21H26O2/c1-4-15-8-10-17-16(9-5-12(2)3)20(22)18-13-6-7-14(11-13)19(18)21(17)23-15/h5,8,10,13-15,22H,4,6-7,9,11H2,1-3H3. The van der Waals surface area contributed by atoms with E-state index in [1.165, 1.54) is 36.0 Å². The molecule has 2 heteroatoms. The molecule has 3 atom stereocenters. The van der Waals surface area contributed by atoms with Crippen LogP contribution in [-0.2, 0) is 6.42 Å². The maximum Gasteiger partial charge on any atom is 0.131 e. The second-order valence-corrected chi connectivity index (χ2v) is 7.51. The smallest absolute Gasteiger partial charge is 0.131 e. The van der Waals surface area contributed by atoms with Crippen LogP contribution in [0.1, 0.15) is 80.5 Å². The molecule has 23 heavy (non-hydrogen) atoms. The highest BCUT2D eigenvalue weighted by atomic mass is 16.5. The molecule has 0 aromatic heterocycles. The van der Waals surface area contributed by atoms with Crippen molar-refractivity contribution in [3.63, 3.8) is 0 Å². The van der Waals surface area contributed by atoms with Gasteiger partial charge in [-0.1, -0.05) is 24.6 Å². The van der Waals surface area contributed by atoms with Crippen molar-refractivity contribution < 1.29 is 9.84 Å². The second kappa shape index (κ2) is 5.43. The summed E-state index contributed by atoms with van der Waals surface area (Å²) in [5.41, 5.74) is 6.00. The van der Waals surface area contributed by atoms with Crippen LogP contribution in [0.25, 0.3) is 6.08 Å². The summed E-state index contributed by atoms with van der Waals surface area (Å²) in [7, 11) is 0. The van der Waals surface area contributed by atoms with Gasteiger partial charge in [0.15, 0.2) is 0 Å². The van der Waals surface area contributed by atoms with E-state index in [-0.39, 0.29) is 6.10 Å². The summed E-state index contributed by atoms with van der Waals surface area (Å²) >= 11 is 0. The molecule has 2 bridgehead atoms. The van der Waals surface area contributed by atoms with E-state index in [1.807, 2.05) is 0 Å². The lowest BCUT2D eigenvalue weighted by Crippen LogP contribution is -2.19. The molecule has 1 fully saturated rings. The molecule has 1 saturated carbocycles. The van der Waals surface area contributed by atoms with Crippen molar-refractivity contribution in [2.24, 2.45) is 0 Å². The van der Waals surface area contributed by atoms with Crippen molar-refractivity contribution in [2.45, 2.75) is 70.8 Å². The molecular formula is C21H26O2. The Balaban J connectivity index is 1.91. The van der Waals surface area contributed by atoms with E-state index in [0.717, 1.165) is 29.7 Å². The molecule has 3 unspecified atom stereocenters. The lowest BCUT2D eigenvalue weighted by molar-refractivity contribution is 0.237. The Labute approximate surface area is 138 Å². The van der Waals surface area contributed by atoms with E-state index < -0.39 is 0 Å².